The Bertz CT molecular complexity index is 1090. The average molecular weight is 440 g/mol. The number of anilines is 2. The summed E-state index contributed by atoms with van der Waals surface area (Å²) in [6.45, 7) is 1.90. The van der Waals surface area contributed by atoms with Crippen molar-refractivity contribution in [1.29, 1.82) is 0 Å². The number of benzene rings is 1. The Morgan fingerprint density at radius 1 is 1.27 bits per heavy atom. The average Bonchev–Trinajstić information content (AvgIpc) is 3.30. The Balaban J connectivity index is 1.37. The van der Waals surface area contributed by atoms with Gasteiger partial charge in [-0.2, -0.15) is 0 Å². The maximum Gasteiger partial charge on any atom is 0.244 e. The summed E-state index contributed by atoms with van der Waals surface area (Å²) in [6, 6.07) is 11.9. The Kier molecular flexibility index (Phi) is 5.08. The molecular formula is C21H21N5O2S2. The monoisotopic (exact) mass is 439 g/mol. The van der Waals surface area contributed by atoms with E-state index >= 15 is 0 Å². The van der Waals surface area contributed by atoms with Gasteiger partial charge in [-0.05, 0) is 43.3 Å². The number of nitrogens with one attached hydrogen (secondary N) is 1. The van der Waals surface area contributed by atoms with Crippen molar-refractivity contribution in [2.45, 2.75) is 42.6 Å². The van der Waals surface area contributed by atoms with E-state index in [0.717, 1.165) is 35.9 Å². The highest BCUT2D eigenvalue weighted by atomic mass is 32.2. The molecule has 1 unspecified atom stereocenters. The molecule has 0 bridgehead atoms. The molecule has 1 aromatic carbocycles. The molecule has 30 heavy (non-hydrogen) atoms. The standard InChI is InChI=1S/C21H21N5O2S2/c1-13(20(28)25-12-19(27)22-16-6-2-3-7-17(16)25)30-21-24-23-18(26(21)14-8-9-14)11-15-5-4-10-29-15/h2-7,10,13-14H,8-9,11-12H2,1H3,(H,22,27). The number of nitrogens with zero attached hydrogens (tertiary/aromatic N) is 4. The van der Waals surface area contributed by atoms with Gasteiger partial charge in [-0.1, -0.05) is 30.0 Å². The first-order valence-corrected chi connectivity index (χ1v) is 11.7. The molecule has 1 saturated carbocycles. The second kappa shape index (κ2) is 7.88. The second-order valence-corrected chi connectivity index (χ2v) is 9.85. The number of hydrogen-bond donors (Lipinski definition) is 1. The maximum atomic E-state index is 13.2. The van der Waals surface area contributed by atoms with Crippen LogP contribution in [0.5, 0.6) is 0 Å². The summed E-state index contributed by atoms with van der Waals surface area (Å²) >= 11 is 3.13. The van der Waals surface area contributed by atoms with Crippen molar-refractivity contribution in [3.05, 3.63) is 52.5 Å². The molecule has 1 fully saturated rings. The summed E-state index contributed by atoms with van der Waals surface area (Å²) in [6.07, 6.45) is 2.99. The molecule has 154 valence electrons. The zero-order valence-electron chi connectivity index (χ0n) is 16.4. The minimum absolute atomic E-state index is 0.0275. The van der Waals surface area contributed by atoms with Gasteiger partial charge in [0.05, 0.1) is 16.6 Å². The molecule has 2 aromatic heterocycles. The number of carbonyl (C=O) groups is 2. The fourth-order valence-electron chi connectivity index (χ4n) is 3.63. The molecule has 7 nitrogen and oxygen atoms in total. The predicted octanol–water partition coefficient (Wildman–Crippen LogP) is 3.73. The van der Waals surface area contributed by atoms with Crippen LogP contribution in [0.4, 0.5) is 11.4 Å². The minimum atomic E-state index is -0.389. The van der Waals surface area contributed by atoms with E-state index in [0.29, 0.717) is 11.7 Å². The molecule has 1 aliphatic heterocycles. The number of thiophene rings is 1. The lowest BCUT2D eigenvalue weighted by Gasteiger charge is -2.30. The van der Waals surface area contributed by atoms with Crippen molar-refractivity contribution < 1.29 is 9.59 Å². The molecule has 0 saturated heterocycles. The number of aromatic nitrogens is 3. The van der Waals surface area contributed by atoms with E-state index in [9.17, 15) is 9.59 Å². The quantitative estimate of drug-likeness (QED) is 0.592. The lowest BCUT2D eigenvalue weighted by molar-refractivity contribution is -0.121. The fourth-order valence-corrected chi connectivity index (χ4v) is 5.34. The van der Waals surface area contributed by atoms with Gasteiger partial charge in [-0.15, -0.1) is 21.5 Å². The van der Waals surface area contributed by atoms with Gasteiger partial charge in [0.15, 0.2) is 5.16 Å². The zero-order valence-corrected chi connectivity index (χ0v) is 18.1. The van der Waals surface area contributed by atoms with Gasteiger partial charge in [-0.25, -0.2) is 0 Å². The van der Waals surface area contributed by atoms with Crippen LogP contribution in [0.2, 0.25) is 0 Å². The van der Waals surface area contributed by atoms with E-state index in [1.54, 1.807) is 16.2 Å². The third kappa shape index (κ3) is 3.75. The van der Waals surface area contributed by atoms with E-state index in [-0.39, 0.29) is 23.6 Å². The smallest absolute Gasteiger partial charge is 0.244 e. The first kappa shape index (κ1) is 19.3. The van der Waals surface area contributed by atoms with Gasteiger partial charge in [0.2, 0.25) is 11.8 Å². The van der Waals surface area contributed by atoms with Crippen LogP contribution >= 0.6 is 23.1 Å². The van der Waals surface area contributed by atoms with E-state index < -0.39 is 0 Å². The maximum absolute atomic E-state index is 13.2. The van der Waals surface area contributed by atoms with Crippen LogP contribution in [0.15, 0.2) is 46.9 Å². The van der Waals surface area contributed by atoms with Crippen molar-refractivity contribution in [2.75, 3.05) is 16.8 Å². The molecule has 9 heteroatoms. The largest absolute Gasteiger partial charge is 0.323 e. The molecule has 3 aromatic rings. The normalized spacial score (nSPS) is 16.8. The van der Waals surface area contributed by atoms with Crippen LogP contribution in [0.3, 0.4) is 0 Å². The lowest BCUT2D eigenvalue weighted by Crippen LogP contribution is -2.45. The van der Waals surface area contributed by atoms with Crippen LogP contribution in [0.1, 0.15) is 36.5 Å². The fraction of sp³-hybridized carbons (Fsp3) is 0.333. The number of hydrogen-bond acceptors (Lipinski definition) is 6. The Morgan fingerprint density at radius 2 is 2.10 bits per heavy atom. The van der Waals surface area contributed by atoms with Gasteiger partial charge < -0.3 is 9.88 Å². The van der Waals surface area contributed by atoms with Crippen LogP contribution in [-0.2, 0) is 16.0 Å². The highest BCUT2D eigenvalue weighted by molar-refractivity contribution is 8.00. The van der Waals surface area contributed by atoms with E-state index in [4.69, 9.17) is 0 Å². The van der Waals surface area contributed by atoms with E-state index in [1.165, 1.54) is 16.6 Å². The van der Waals surface area contributed by atoms with Crippen LogP contribution < -0.4 is 10.2 Å². The third-order valence-corrected chi connectivity index (χ3v) is 7.15. The summed E-state index contributed by atoms with van der Waals surface area (Å²) in [5, 5.41) is 14.1. The number of fused-ring (bicyclic) bond motifs is 1. The number of amides is 2. The molecule has 1 N–H and O–H groups in total. The van der Waals surface area contributed by atoms with Crippen LogP contribution in [-0.4, -0.2) is 38.4 Å². The van der Waals surface area contributed by atoms with Gasteiger partial charge in [0, 0.05) is 17.3 Å². The summed E-state index contributed by atoms with van der Waals surface area (Å²) in [5.41, 5.74) is 1.40. The summed E-state index contributed by atoms with van der Waals surface area (Å²) < 4.78 is 2.20. The number of para-hydroxylation sites is 2. The number of rotatable bonds is 6. The molecule has 0 radical (unpaired) electrons. The summed E-state index contributed by atoms with van der Waals surface area (Å²) in [7, 11) is 0. The summed E-state index contributed by atoms with van der Waals surface area (Å²) in [5.74, 6) is 0.663. The van der Waals surface area contributed by atoms with Crippen molar-refractivity contribution in [3.8, 4) is 0 Å². The van der Waals surface area contributed by atoms with Crippen LogP contribution in [0.25, 0.3) is 0 Å². The van der Waals surface area contributed by atoms with Crippen molar-refractivity contribution in [1.82, 2.24) is 14.8 Å². The molecular weight excluding hydrogens is 418 g/mol. The SMILES string of the molecule is CC(Sc1nnc(Cc2cccs2)n1C1CC1)C(=O)N1CC(=O)Nc2ccccc21. The Morgan fingerprint density at radius 3 is 2.87 bits per heavy atom. The molecule has 1 aliphatic carbocycles. The van der Waals surface area contributed by atoms with Crippen molar-refractivity contribution in [2.24, 2.45) is 0 Å². The van der Waals surface area contributed by atoms with Crippen molar-refractivity contribution >= 4 is 46.3 Å². The Hall–Kier alpha value is -2.65. The lowest BCUT2D eigenvalue weighted by atomic mass is 10.2. The highest BCUT2D eigenvalue weighted by Crippen LogP contribution is 2.40. The minimum Gasteiger partial charge on any atom is -0.323 e. The third-order valence-electron chi connectivity index (χ3n) is 5.23. The molecule has 5 rings (SSSR count). The molecule has 2 amide bonds. The number of thioether (sulfide) groups is 1. The molecule has 1 atom stereocenters. The first-order valence-electron chi connectivity index (χ1n) is 9.93. The van der Waals surface area contributed by atoms with Gasteiger partial charge in [-0.3, -0.25) is 14.5 Å². The number of carbonyl (C=O) groups excluding carboxylic acids is 2. The first-order chi connectivity index (χ1) is 14.6. The van der Waals surface area contributed by atoms with Gasteiger partial charge in [0.25, 0.3) is 0 Å². The topological polar surface area (TPSA) is 80.1 Å². The predicted molar refractivity (Wildman–Crippen MR) is 118 cm³/mol. The summed E-state index contributed by atoms with van der Waals surface area (Å²) in [4.78, 5) is 28.1. The Labute approximate surface area is 182 Å². The van der Waals surface area contributed by atoms with Crippen molar-refractivity contribution in [3.63, 3.8) is 0 Å². The van der Waals surface area contributed by atoms with E-state index in [1.807, 2.05) is 37.3 Å². The molecule has 2 aliphatic rings. The zero-order chi connectivity index (χ0) is 20.7. The molecule has 0 spiro atoms. The highest BCUT2D eigenvalue weighted by Gasteiger charge is 2.34. The van der Waals surface area contributed by atoms with Gasteiger partial charge in [0.1, 0.15) is 12.4 Å². The van der Waals surface area contributed by atoms with E-state index in [2.05, 4.69) is 31.5 Å². The van der Waals surface area contributed by atoms with Gasteiger partial charge >= 0.3 is 0 Å². The van der Waals surface area contributed by atoms with Crippen LogP contribution in [0, 0.1) is 0 Å². The second-order valence-electron chi connectivity index (χ2n) is 7.51. The molecule has 3 heterocycles.